The van der Waals surface area contributed by atoms with Crippen molar-refractivity contribution >= 4 is 9.84 Å². The van der Waals surface area contributed by atoms with Crippen molar-refractivity contribution in [2.45, 2.75) is 58.2 Å². The van der Waals surface area contributed by atoms with Crippen molar-refractivity contribution < 1.29 is 12.9 Å². The molecule has 0 aliphatic carbocycles. The van der Waals surface area contributed by atoms with Crippen molar-refractivity contribution in [1.82, 2.24) is 15.5 Å². The lowest BCUT2D eigenvalue weighted by atomic mass is 10.0. The van der Waals surface area contributed by atoms with Gasteiger partial charge in [-0.25, -0.2) is 8.42 Å². The van der Waals surface area contributed by atoms with E-state index in [1.807, 2.05) is 0 Å². The first-order chi connectivity index (χ1) is 9.74. The van der Waals surface area contributed by atoms with Gasteiger partial charge in [0, 0.05) is 18.7 Å². The smallest absolute Gasteiger partial charge is 0.228 e. The molecule has 21 heavy (non-hydrogen) atoms. The predicted octanol–water partition coefficient (Wildman–Crippen LogP) is 2.13. The van der Waals surface area contributed by atoms with Crippen LogP contribution in [0.3, 0.4) is 0 Å². The Hall–Kier alpha value is -0.950. The summed E-state index contributed by atoms with van der Waals surface area (Å²) in [5.74, 6) is 1.30. The van der Waals surface area contributed by atoms with Crippen molar-refractivity contribution in [3.8, 4) is 0 Å². The van der Waals surface area contributed by atoms with Crippen LogP contribution in [-0.4, -0.2) is 37.4 Å². The molecule has 0 saturated carbocycles. The molecule has 1 rings (SSSR count). The molecule has 1 aromatic rings. The molecule has 0 aromatic carbocycles. The molecule has 0 spiro atoms. The van der Waals surface area contributed by atoms with E-state index in [0.717, 1.165) is 19.4 Å². The van der Waals surface area contributed by atoms with Gasteiger partial charge < -0.3 is 9.84 Å². The fourth-order valence-corrected chi connectivity index (χ4v) is 2.55. The molecule has 1 N–H and O–H groups in total. The van der Waals surface area contributed by atoms with E-state index in [1.54, 1.807) is 6.92 Å². The number of rotatable bonds is 9. The Morgan fingerprint density at radius 2 is 1.95 bits per heavy atom. The Morgan fingerprint density at radius 3 is 2.48 bits per heavy atom. The minimum absolute atomic E-state index is 0.242. The second-order valence-corrected chi connectivity index (χ2v) is 8.37. The average molecular weight is 317 g/mol. The molecular weight excluding hydrogens is 290 g/mol. The van der Waals surface area contributed by atoms with Crippen LogP contribution in [0.25, 0.3) is 0 Å². The lowest BCUT2D eigenvalue weighted by molar-refractivity contribution is 0.335. The Morgan fingerprint density at radius 1 is 1.29 bits per heavy atom. The van der Waals surface area contributed by atoms with Gasteiger partial charge in [-0.3, -0.25) is 0 Å². The Kier molecular flexibility index (Phi) is 6.80. The van der Waals surface area contributed by atoms with Gasteiger partial charge in [0.05, 0.1) is 0 Å². The van der Waals surface area contributed by atoms with E-state index in [-0.39, 0.29) is 11.9 Å². The highest BCUT2D eigenvalue weighted by molar-refractivity contribution is 7.90. The van der Waals surface area contributed by atoms with Gasteiger partial charge in [0.25, 0.3) is 0 Å². The molecule has 0 radical (unpaired) electrons. The van der Waals surface area contributed by atoms with E-state index < -0.39 is 15.1 Å². The van der Waals surface area contributed by atoms with Crippen LogP contribution >= 0.6 is 0 Å². The fraction of sp³-hybridized carbons (Fsp3) is 0.857. The van der Waals surface area contributed by atoms with Gasteiger partial charge in [0.1, 0.15) is 5.25 Å². The Labute approximate surface area is 127 Å². The summed E-state index contributed by atoms with van der Waals surface area (Å²) in [7, 11) is -3.20. The molecule has 0 fully saturated rings. The molecule has 1 aromatic heterocycles. The highest BCUT2D eigenvalue weighted by atomic mass is 32.2. The van der Waals surface area contributed by atoms with Crippen molar-refractivity contribution in [3.05, 3.63) is 11.7 Å². The summed E-state index contributed by atoms with van der Waals surface area (Å²) >= 11 is 0. The monoisotopic (exact) mass is 317 g/mol. The summed E-state index contributed by atoms with van der Waals surface area (Å²) < 4.78 is 28.2. The van der Waals surface area contributed by atoms with Gasteiger partial charge in [-0.1, -0.05) is 25.9 Å². The first kappa shape index (κ1) is 18.1. The van der Waals surface area contributed by atoms with E-state index in [4.69, 9.17) is 4.52 Å². The zero-order valence-electron chi connectivity index (χ0n) is 13.6. The average Bonchev–Trinajstić information content (AvgIpc) is 2.81. The molecule has 0 amide bonds. The first-order valence-electron chi connectivity index (χ1n) is 7.48. The van der Waals surface area contributed by atoms with Crippen molar-refractivity contribution in [2.75, 3.05) is 12.8 Å². The normalized spacial score (nSPS) is 15.3. The largest absolute Gasteiger partial charge is 0.339 e. The van der Waals surface area contributed by atoms with Crippen molar-refractivity contribution in [1.29, 1.82) is 0 Å². The van der Waals surface area contributed by atoms with Gasteiger partial charge in [0.2, 0.25) is 5.89 Å². The van der Waals surface area contributed by atoms with Crippen LogP contribution < -0.4 is 5.32 Å². The van der Waals surface area contributed by atoms with E-state index >= 15 is 0 Å². The van der Waals surface area contributed by atoms with Gasteiger partial charge in [-0.15, -0.1) is 0 Å². The second kappa shape index (κ2) is 7.89. The summed E-state index contributed by atoms with van der Waals surface area (Å²) in [6, 6.07) is 0.270. The Balaban J connectivity index is 2.74. The molecule has 0 saturated heterocycles. The number of nitrogens with one attached hydrogen (secondary N) is 1. The molecule has 0 aliphatic heterocycles. The third kappa shape index (κ3) is 6.13. The number of nitrogens with zero attached hydrogens (tertiary/aromatic N) is 2. The number of hydrogen-bond donors (Lipinski definition) is 1. The van der Waals surface area contributed by atoms with Gasteiger partial charge in [-0.05, 0) is 32.2 Å². The third-order valence-corrected chi connectivity index (χ3v) is 4.84. The highest BCUT2D eigenvalue weighted by Gasteiger charge is 2.24. The minimum atomic E-state index is -3.20. The highest BCUT2D eigenvalue weighted by Crippen LogP contribution is 2.18. The molecule has 122 valence electrons. The summed E-state index contributed by atoms with van der Waals surface area (Å²) in [4.78, 5) is 4.23. The number of aromatic nitrogens is 2. The SMILES string of the molecule is CCCNC(Cc1nc(C(C)S(C)(=O)=O)no1)CC(C)C. The van der Waals surface area contributed by atoms with Crippen LogP contribution in [0.15, 0.2) is 4.52 Å². The second-order valence-electron chi connectivity index (χ2n) is 6.00. The molecule has 7 heteroatoms. The van der Waals surface area contributed by atoms with Crippen molar-refractivity contribution in [2.24, 2.45) is 5.92 Å². The standard InChI is InChI=1S/C14H27N3O3S/c1-6-7-15-12(8-10(2)3)9-13-16-14(17-20-13)11(4)21(5,18)19/h10-12,15H,6-9H2,1-5H3. The minimum Gasteiger partial charge on any atom is -0.339 e. The fourth-order valence-electron chi connectivity index (χ4n) is 2.07. The van der Waals surface area contributed by atoms with E-state index in [0.29, 0.717) is 18.2 Å². The zero-order chi connectivity index (χ0) is 16.0. The van der Waals surface area contributed by atoms with E-state index in [1.165, 1.54) is 6.26 Å². The molecule has 0 aliphatic rings. The summed E-state index contributed by atoms with van der Waals surface area (Å²) in [5.41, 5.74) is 0. The van der Waals surface area contributed by atoms with Gasteiger partial charge in [0.15, 0.2) is 15.7 Å². The third-order valence-electron chi connectivity index (χ3n) is 3.35. The van der Waals surface area contributed by atoms with Crippen LogP contribution in [0.5, 0.6) is 0 Å². The van der Waals surface area contributed by atoms with Crippen molar-refractivity contribution in [3.63, 3.8) is 0 Å². The molecular formula is C14H27N3O3S. The van der Waals surface area contributed by atoms with E-state index in [9.17, 15) is 8.42 Å². The number of hydrogen-bond acceptors (Lipinski definition) is 6. The molecule has 1 heterocycles. The zero-order valence-corrected chi connectivity index (χ0v) is 14.4. The van der Waals surface area contributed by atoms with Gasteiger partial charge >= 0.3 is 0 Å². The van der Waals surface area contributed by atoms with Crippen LogP contribution in [0, 0.1) is 5.92 Å². The van der Waals surface area contributed by atoms with Crippen LogP contribution in [0.1, 0.15) is 57.5 Å². The van der Waals surface area contributed by atoms with Crippen LogP contribution in [0.2, 0.25) is 0 Å². The first-order valence-corrected chi connectivity index (χ1v) is 9.44. The maximum absolute atomic E-state index is 11.5. The quantitative estimate of drug-likeness (QED) is 0.751. The van der Waals surface area contributed by atoms with Crippen LogP contribution in [0.4, 0.5) is 0 Å². The molecule has 0 bridgehead atoms. The van der Waals surface area contributed by atoms with Gasteiger partial charge in [-0.2, -0.15) is 4.98 Å². The summed E-state index contributed by atoms with van der Waals surface area (Å²) in [6.07, 6.45) is 3.88. The van der Waals surface area contributed by atoms with E-state index in [2.05, 4.69) is 36.2 Å². The molecule has 2 unspecified atom stereocenters. The Bertz CT molecular complexity index is 525. The number of sulfone groups is 1. The predicted molar refractivity (Wildman–Crippen MR) is 82.8 cm³/mol. The van der Waals surface area contributed by atoms with Crippen LogP contribution in [-0.2, 0) is 16.3 Å². The topological polar surface area (TPSA) is 85.1 Å². The summed E-state index contributed by atoms with van der Waals surface area (Å²) in [6.45, 7) is 8.98. The maximum Gasteiger partial charge on any atom is 0.228 e. The molecule has 6 nitrogen and oxygen atoms in total. The lowest BCUT2D eigenvalue weighted by Gasteiger charge is -2.18. The summed E-state index contributed by atoms with van der Waals surface area (Å²) in [5, 5.41) is 6.54. The maximum atomic E-state index is 11.5. The lowest BCUT2D eigenvalue weighted by Crippen LogP contribution is -2.33. The molecule has 2 atom stereocenters.